The van der Waals surface area contributed by atoms with Gasteiger partial charge in [-0.15, -0.1) is 12.4 Å². The Morgan fingerprint density at radius 1 is 1.47 bits per heavy atom. The fourth-order valence-electron chi connectivity index (χ4n) is 1.97. The third kappa shape index (κ3) is 3.02. The lowest BCUT2D eigenvalue weighted by Gasteiger charge is -2.36. The van der Waals surface area contributed by atoms with Crippen LogP contribution in [0.4, 0.5) is 0 Å². The highest BCUT2D eigenvalue weighted by molar-refractivity contribution is 8.00. The number of carbonyl (C=O) groups excluding carboxylic acids is 1. The second-order valence-electron chi connectivity index (χ2n) is 4.35. The molecule has 3 nitrogen and oxygen atoms in total. The van der Waals surface area contributed by atoms with Gasteiger partial charge >= 0.3 is 0 Å². The minimum atomic E-state index is -0.525. The van der Waals surface area contributed by atoms with Crippen molar-refractivity contribution in [2.75, 3.05) is 12.3 Å². The Labute approximate surface area is 101 Å². The molecule has 1 aliphatic heterocycles. The van der Waals surface area contributed by atoms with Crippen molar-refractivity contribution in [3.05, 3.63) is 0 Å². The molecule has 2 rings (SSSR count). The summed E-state index contributed by atoms with van der Waals surface area (Å²) < 4.78 is 0. The number of hydrogen-bond donors (Lipinski definition) is 2. The molecule has 1 saturated heterocycles. The van der Waals surface area contributed by atoms with Gasteiger partial charge in [-0.1, -0.05) is 0 Å². The van der Waals surface area contributed by atoms with Gasteiger partial charge in [0, 0.05) is 11.8 Å². The number of halogens is 1. The minimum absolute atomic E-state index is 0. The average molecular weight is 251 g/mol. The third-order valence-electron chi connectivity index (χ3n) is 3.21. The van der Waals surface area contributed by atoms with Crippen LogP contribution in [-0.4, -0.2) is 29.0 Å². The van der Waals surface area contributed by atoms with E-state index in [1.54, 1.807) is 0 Å². The highest BCUT2D eigenvalue weighted by Crippen LogP contribution is 2.30. The predicted molar refractivity (Wildman–Crippen MR) is 66.5 cm³/mol. The summed E-state index contributed by atoms with van der Waals surface area (Å²) in [6, 6.07) is 0. The maximum absolute atomic E-state index is 11.7. The summed E-state index contributed by atoms with van der Waals surface area (Å²) in [5.74, 6) is 1.31. The fraction of sp³-hybridized carbons (Fsp3) is 0.900. The van der Waals surface area contributed by atoms with Gasteiger partial charge in [0.1, 0.15) is 0 Å². The van der Waals surface area contributed by atoms with Crippen molar-refractivity contribution in [1.29, 1.82) is 0 Å². The predicted octanol–water partition coefficient (Wildman–Crippen LogP) is 1.30. The molecule has 1 atom stereocenters. The molecule has 1 aliphatic carbocycles. The molecule has 0 bridgehead atoms. The van der Waals surface area contributed by atoms with Gasteiger partial charge in [-0.25, -0.2) is 0 Å². The number of carbonyl (C=O) groups is 1. The molecule has 2 aliphatic rings. The topological polar surface area (TPSA) is 55.1 Å². The summed E-state index contributed by atoms with van der Waals surface area (Å²) >= 11 is 1.97. The highest BCUT2D eigenvalue weighted by atomic mass is 35.5. The molecule has 2 fully saturated rings. The molecule has 1 heterocycles. The zero-order valence-electron chi connectivity index (χ0n) is 8.83. The molecule has 0 aromatic carbocycles. The lowest BCUT2D eigenvalue weighted by molar-refractivity contribution is -0.129. The summed E-state index contributed by atoms with van der Waals surface area (Å²) in [5.41, 5.74) is 5.39. The van der Waals surface area contributed by atoms with E-state index in [2.05, 4.69) is 5.32 Å². The highest BCUT2D eigenvalue weighted by Gasteiger charge is 2.40. The number of rotatable bonds is 3. The summed E-state index contributed by atoms with van der Waals surface area (Å²) in [5, 5.41) is 3.61. The Hall–Kier alpha value is 0.0700. The van der Waals surface area contributed by atoms with Crippen LogP contribution in [0.25, 0.3) is 0 Å². The van der Waals surface area contributed by atoms with Gasteiger partial charge < -0.3 is 11.1 Å². The molecule has 0 aromatic heterocycles. The molecule has 1 unspecified atom stereocenters. The van der Waals surface area contributed by atoms with E-state index in [9.17, 15) is 4.79 Å². The Morgan fingerprint density at radius 2 is 2.20 bits per heavy atom. The molecule has 0 spiro atoms. The lowest BCUT2D eigenvalue weighted by Crippen LogP contribution is -2.59. The first-order valence-electron chi connectivity index (χ1n) is 5.39. The molecular weight excluding hydrogens is 232 g/mol. The first-order chi connectivity index (χ1) is 6.71. The van der Waals surface area contributed by atoms with Crippen LogP contribution in [0.1, 0.15) is 32.1 Å². The van der Waals surface area contributed by atoms with E-state index in [1.807, 2.05) is 11.8 Å². The molecule has 1 amide bonds. The van der Waals surface area contributed by atoms with Crippen LogP contribution in [0.5, 0.6) is 0 Å². The molecule has 1 saturated carbocycles. The third-order valence-corrected chi connectivity index (χ3v) is 4.61. The van der Waals surface area contributed by atoms with Crippen LogP contribution >= 0.6 is 24.2 Å². The van der Waals surface area contributed by atoms with E-state index in [4.69, 9.17) is 5.73 Å². The number of thioether (sulfide) groups is 1. The summed E-state index contributed by atoms with van der Waals surface area (Å²) in [6.45, 7) is 0.808. The van der Waals surface area contributed by atoms with E-state index in [0.29, 0.717) is 5.25 Å². The van der Waals surface area contributed by atoms with Gasteiger partial charge in [0.2, 0.25) is 5.91 Å². The van der Waals surface area contributed by atoms with E-state index >= 15 is 0 Å². The van der Waals surface area contributed by atoms with Crippen molar-refractivity contribution < 1.29 is 4.79 Å². The van der Waals surface area contributed by atoms with Crippen LogP contribution in [0.15, 0.2) is 0 Å². The van der Waals surface area contributed by atoms with Crippen molar-refractivity contribution in [2.24, 2.45) is 5.73 Å². The fourth-order valence-corrected chi connectivity index (χ4v) is 3.17. The number of amides is 1. The van der Waals surface area contributed by atoms with Gasteiger partial charge in [-0.2, -0.15) is 11.8 Å². The zero-order chi connectivity index (χ0) is 10.0. The van der Waals surface area contributed by atoms with Crippen molar-refractivity contribution >= 4 is 30.1 Å². The summed E-state index contributed by atoms with van der Waals surface area (Å²) in [4.78, 5) is 11.7. The molecule has 3 N–H and O–H groups in total. The Bertz CT molecular complexity index is 227. The average Bonchev–Trinajstić information content (AvgIpc) is 2.62. The second-order valence-corrected chi connectivity index (χ2v) is 5.76. The Kier molecular flexibility index (Phi) is 4.74. The number of hydrogen-bond acceptors (Lipinski definition) is 3. The quantitative estimate of drug-likeness (QED) is 0.794. The van der Waals surface area contributed by atoms with E-state index in [1.165, 1.54) is 18.6 Å². The largest absolute Gasteiger partial charge is 0.353 e. The van der Waals surface area contributed by atoms with Crippen molar-refractivity contribution in [1.82, 2.24) is 5.32 Å². The van der Waals surface area contributed by atoms with Gasteiger partial charge in [-0.05, 0) is 37.9 Å². The SMILES string of the molecule is Cl.NC1(C(=O)NCC2CCCS2)CCC1. The van der Waals surface area contributed by atoms with Crippen LogP contribution in [0.2, 0.25) is 0 Å². The summed E-state index contributed by atoms with van der Waals surface area (Å²) in [6.07, 6.45) is 5.34. The zero-order valence-corrected chi connectivity index (χ0v) is 10.5. The van der Waals surface area contributed by atoms with Gasteiger partial charge in [0.25, 0.3) is 0 Å². The number of nitrogens with two attached hydrogens (primary N) is 1. The van der Waals surface area contributed by atoms with Crippen molar-refractivity contribution in [3.8, 4) is 0 Å². The first kappa shape index (κ1) is 13.1. The monoisotopic (exact) mass is 250 g/mol. The van der Waals surface area contributed by atoms with Crippen molar-refractivity contribution in [3.63, 3.8) is 0 Å². The van der Waals surface area contributed by atoms with Gasteiger partial charge in [-0.3, -0.25) is 4.79 Å². The number of nitrogens with one attached hydrogen (secondary N) is 1. The van der Waals surface area contributed by atoms with Crippen LogP contribution in [0.3, 0.4) is 0 Å². The molecule has 5 heteroatoms. The lowest BCUT2D eigenvalue weighted by atomic mass is 9.77. The van der Waals surface area contributed by atoms with E-state index in [-0.39, 0.29) is 18.3 Å². The van der Waals surface area contributed by atoms with Crippen LogP contribution in [0, 0.1) is 0 Å². The van der Waals surface area contributed by atoms with Gasteiger partial charge in [0.05, 0.1) is 5.54 Å². The van der Waals surface area contributed by atoms with Crippen LogP contribution in [-0.2, 0) is 4.79 Å². The molecular formula is C10H19ClN2OS. The Morgan fingerprint density at radius 3 is 2.67 bits per heavy atom. The second kappa shape index (κ2) is 5.41. The molecule has 15 heavy (non-hydrogen) atoms. The van der Waals surface area contributed by atoms with Crippen LogP contribution < -0.4 is 11.1 Å². The van der Waals surface area contributed by atoms with Gasteiger partial charge in [0.15, 0.2) is 0 Å². The molecule has 0 radical (unpaired) electrons. The van der Waals surface area contributed by atoms with E-state index < -0.39 is 5.54 Å². The standard InChI is InChI=1S/C10H18N2OS.ClH/c11-10(4-2-5-10)9(13)12-7-8-3-1-6-14-8;/h8H,1-7,11H2,(H,12,13);1H. The normalized spacial score (nSPS) is 27.7. The smallest absolute Gasteiger partial charge is 0.240 e. The van der Waals surface area contributed by atoms with E-state index in [0.717, 1.165) is 25.8 Å². The molecule has 88 valence electrons. The maximum Gasteiger partial charge on any atom is 0.240 e. The Balaban J connectivity index is 0.00000112. The first-order valence-corrected chi connectivity index (χ1v) is 6.44. The summed E-state index contributed by atoms with van der Waals surface area (Å²) in [7, 11) is 0. The molecule has 0 aromatic rings. The van der Waals surface area contributed by atoms with Crippen molar-refractivity contribution in [2.45, 2.75) is 42.9 Å². The minimum Gasteiger partial charge on any atom is -0.353 e. The maximum atomic E-state index is 11.7.